The molecule has 0 saturated heterocycles. The lowest BCUT2D eigenvalue weighted by Crippen LogP contribution is -2.61. The van der Waals surface area contributed by atoms with Gasteiger partial charge in [0.15, 0.2) is 0 Å². The van der Waals surface area contributed by atoms with Crippen LogP contribution in [-0.4, -0.2) is 11.4 Å². The van der Waals surface area contributed by atoms with Crippen LogP contribution >= 0.6 is 0 Å². The molecule has 0 radical (unpaired) electrons. The highest BCUT2D eigenvalue weighted by Gasteiger charge is 2.78. The van der Waals surface area contributed by atoms with E-state index in [2.05, 4.69) is 201 Å². The number of aromatic nitrogens is 1. The number of rotatable bonds is 5. The van der Waals surface area contributed by atoms with Crippen LogP contribution in [0.25, 0.3) is 60.9 Å². The fourth-order valence-electron chi connectivity index (χ4n) is 22.4. The van der Waals surface area contributed by atoms with Crippen molar-refractivity contribution in [1.29, 1.82) is 0 Å². The van der Waals surface area contributed by atoms with Crippen molar-refractivity contribution >= 4 is 51.0 Å². The fourth-order valence-corrected chi connectivity index (χ4v) is 22.4. The van der Waals surface area contributed by atoms with E-state index in [-0.39, 0.29) is 23.1 Å². The minimum absolute atomic E-state index is 0.0345. The van der Waals surface area contributed by atoms with Gasteiger partial charge in [-0.3, -0.25) is 0 Å². The molecule has 0 amide bonds. The molecule has 4 bridgehead atoms. The quantitative estimate of drug-likeness (QED) is 0.156. The Bertz CT molecular complexity index is 4160. The average molecular weight is 993 g/mol. The molecule has 374 valence electrons. The van der Waals surface area contributed by atoms with Crippen molar-refractivity contribution in [3.8, 4) is 39.1 Å². The third kappa shape index (κ3) is 4.69. The Morgan fingerprint density at radius 1 is 0.429 bits per heavy atom. The maximum Gasteiger partial charge on any atom is 0.333 e. The highest BCUT2D eigenvalue weighted by molar-refractivity contribution is 6.93. The van der Waals surface area contributed by atoms with E-state index in [1.165, 1.54) is 170 Å². The molecule has 9 aromatic rings. The molecular weight excluding hydrogens is 928 g/mol. The number of benzene rings is 8. The first-order chi connectivity index (χ1) is 37.5. The minimum Gasteiger partial charge on any atom is -0.376 e. The Kier molecular flexibility index (Phi) is 7.32. The summed E-state index contributed by atoms with van der Waals surface area (Å²) in [5.74, 6) is 5.77. The molecule has 3 heterocycles. The molecule has 4 unspecified atom stereocenters. The van der Waals surface area contributed by atoms with Crippen LogP contribution in [-0.2, 0) is 21.7 Å². The van der Waals surface area contributed by atoms with Crippen LogP contribution in [0.4, 0.5) is 11.4 Å². The van der Waals surface area contributed by atoms with Gasteiger partial charge in [0.2, 0.25) is 0 Å². The van der Waals surface area contributed by atoms with Crippen LogP contribution < -0.4 is 15.7 Å². The van der Waals surface area contributed by atoms with Gasteiger partial charge in [-0.25, -0.2) is 0 Å². The summed E-state index contributed by atoms with van der Waals surface area (Å²) < 4.78 is 2.81. The van der Waals surface area contributed by atoms with Crippen molar-refractivity contribution in [1.82, 2.24) is 4.57 Å². The highest BCUT2D eigenvalue weighted by atomic mass is 15.1. The van der Waals surface area contributed by atoms with Crippen LogP contribution in [0.2, 0.25) is 0 Å². The topological polar surface area (TPSA) is 8.17 Å². The summed E-state index contributed by atoms with van der Waals surface area (Å²) in [6, 6.07) is 65.7. The molecule has 9 aliphatic carbocycles. The number of hydrogen-bond acceptors (Lipinski definition) is 1. The van der Waals surface area contributed by atoms with Crippen molar-refractivity contribution < 1.29 is 0 Å². The number of nitrogens with zero attached hydrogens (tertiary/aromatic N) is 2. The first kappa shape index (κ1) is 42.4. The SMILES string of the molecule is CC1(C)c2ccccc2C(C)(C)c2cc3c(cc21)-c1cc(-c2ccccc2)cc2c1B(c1cc(C45CC6CC7CC(C4)C76C5)cc4c5cc(C67CC8CC9CC(C6)C98C7)ccc5n-2c14)N3c1ccc(-c2ccccc2)cc1. The van der Waals surface area contributed by atoms with E-state index < -0.39 is 0 Å². The molecule has 8 fully saturated rings. The third-order valence-electron chi connectivity index (χ3n) is 25.7. The van der Waals surface area contributed by atoms with E-state index in [0.29, 0.717) is 16.2 Å². The standard InChI is InChI=1S/C74H65BN2/c1-69(2)59-17-11-12-18-60(59)70(3,4)62-35-65-56(34-61(62)69)57-25-45(43-15-9-6-10-16-43)26-66-67(57)75(77(65)54-22-19-44(20-23-54)42-13-7-5-8-14-42)63-33-47(72-38-52-29-49-30-53(39-72)74(49,52)41-72)32-58-55-31-46(21-24-64(55)76(66)68(58)63)71-36-50-27-48-28-51(37-71)73(48,50)40-71/h5-26,31-35,48-53H,27-30,36-41H2,1-4H3. The van der Waals surface area contributed by atoms with E-state index in [1.807, 2.05) is 0 Å². The maximum absolute atomic E-state index is 2.85. The Balaban J connectivity index is 0.903. The molecular formula is C74H65BN2. The highest BCUT2D eigenvalue weighted by Crippen LogP contribution is 2.86. The van der Waals surface area contributed by atoms with Crippen LogP contribution in [0, 0.1) is 46.3 Å². The molecule has 2 spiro atoms. The maximum atomic E-state index is 2.85. The summed E-state index contributed by atoms with van der Waals surface area (Å²) in [5.41, 5.74) is 28.3. The lowest BCUT2D eigenvalue weighted by Gasteiger charge is -2.66. The first-order valence-corrected chi connectivity index (χ1v) is 30.1. The lowest BCUT2D eigenvalue weighted by atomic mass is 9.38. The summed E-state index contributed by atoms with van der Waals surface area (Å²) in [6.45, 7) is 9.92. The molecule has 8 saturated carbocycles. The molecule has 77 heavy (non-hydrogen) atoms. The van der Waals surface area contributed by atoms with Crippen LogP contribution in [0.15, 0.2) is 164 Å². The zero-order valence-electron chi connectivity index (χ0n) is 45.1. The van der Waals surface area contributed by atoms with Crippen molar-refractivity contribution in [2.45, 2.75) is 114 Å². The van der Waals surface area contributed by atoms with Gasteiger partial charge >= 0.3 is 6.85 Å². The molecule has 20 rings (SSSR count). The zero-order chi connectivity index (χ0) is 50.5. The fraction of sp³-hybridized carbons (Fsp3) is 0.351. The summed E-state index contributed by atoms with van der Waals surface area (Å²) in [7, 11) is 0. The van der Waals surface area contributed by atoms with E-state index in [1.54, 1.807) is 11.1 Å². The average Bonchev–Trinajstić information content (AvgIpc) is 3.38. The van der Waals surface area contributed by atoms with Gasteiger partial charge in [-0.05, 0) is 248 Å². The van der Waals surface area contributed by atoms with Gasteiger partial charge in [0.25, 0.3) is 0 Å². The predicted molar refractivity (Wildman–Crippen MR) is 317 cm³/mol. The Morgan fingerprint density at radius 2 is 0.974 bits per heavy atom. The molecule has 8 aromatic carbocycles. The third-order valence-corrected chi connectivity index (χ3v) is 25.7. The van der Waals surface area contributed by atoms with Crippen molar-refractivity contribution in [2.24, 2.45) is 46.3 Å². The van der Waals surface area contributed by atoms with E-state index >= 15 is 0 Å². The van der Waals surface area contributed by atoms with Gasteiger partial charge in [0, 0.05) is 44.2 Å². The smallest absolute Gasteiger partial charge is 0.333 e. The molecule has 2 nitrogen and oxygen atoms in total. The molecule has 0 N–H and O–H groups in total. The number of hydrogen-bond donors (Lipinski definition) is 0. The monoisotopic (exact) mass is 993 g/mol. The second-order valence-corrected chi connectivity index (χ2v) is 28.8. The molecule has 3 heteroatoms. The van der Waals surface area contributed by atoms with Crippen molar-refractivity contribution in [3.63, 3.8) is 0 Å². The molecule has 2 aliphatic heterocycles. The summed E-state index contributed by atoms with van der Waals surface area (Å²) >= 11 is 0. The van der Waals surface area contributed by atoms with Gasteiger partial charge in [0.05, 0.1) is 11.0 Å². The van der Waals surface area contributed by atoms with Gasteiger partial charge in [-0.1, -0.05) is 137 Å². The lowest BCUT2D eigenvalue weighted by molar-refractivity contribution is -0.175. The number of fused-ring (bicyclic) bond motifs is 11. The minimum atomic E-state index is -0.196. The largest absolute Gasteiger partial charge is 0.376 e. The summed E-state index contributed by atoms with van der Waals surface area (Å²) in [6.07, 6.45) is 14.5. The Morgan fingerprint density at radius 3 is 1.57 bits per heavy atom. The Labute approximate surface area is 454 Å². The summed E-state index contributed by atoms with van der Waals surface area (Å²) in [4.78, 5) is 2.85. The van der Waals surface area contributed by atoms with E-state index in [9.17, 15) is 0 Å². The van der Waals surface area contributed by atoms with E-state index in [0.717, 1.165) is 35.5 Å². The van der Waals surface area contributed by atoms with Gasteiger partial charge in [-0.2, -0.15) is 0 Å². The van der Waals surface area contributed by atoms with Crippen molar-refractivity contribution in [3.05, 3.63) is 197 Å². The first-order valence-electron chi connectivity index (χ1n) is 30.1. The van der Waals surface area contributed by atoms with Crippen LogP contribution in [0.1, 0.15) is 125 Å². The van der Waals surface area contributed by atoms with Crippen LogP contribution in [0.3, 0.4) is 0 Å². The normalized spacial score (nSPS) is 33.0. The Hall–Kier alpha value is -6.58. The second-order valence-electron chi connectivity index (χ2n) is 28.8. The molecule has 1 aromatic heterocycles. The molecule has 11 aliphatic rings. The van der Waals surface area contributed by atoms with Crippen LogP contribution in [0.5, 0.6) is 0 Å². The van der Waals surface area contributed by atoms with E-state index in [4.69, 9.17) is 0 Å². The number of anilines is 2. The zero-order valence-corrected chi connectivity index (χ0v) is 45.1. The van der Waals surface area contributed by atoms with Gasteiger partial charge < -0.3 is 9.38 Å². The summed E-state index contributed by atoms with van der Waals surface area (Å²) in [5, 5.41) is 3.01. The van der Waals surface area contributed by atoms with Gasteiger partial charge in [-0.15, -0.1) is 0 Å². The van der Waals surface area contributed by atoms with Gasteiger partial charge in [0.1, 0.15) is 0 Å². The van der Waals surface area contributed by atoms with Crippen molar-refractivity contribution in [2.75, 3.05) is 4.81 Å². The second kappa shape index (κ2) is 13.3. The molecule has 4 atom stereocenters. The predicted octanol–water partition coefficient (Wildman–Crippen LogP) is 16.5.